The number of nitro groups is 1. The van der Waals surface area contributed by atoms with Crippen molar-refractivity contribution in [2.75, 3.05) is 17.2 Å². The van der Waals surface area contributed by atoms with Crippen molar-refractivity contribution < 1.29 is 14.5 Å². The minimum atomic E-state index is -0.597. The lowest BCUT2D eigenvalue weighted by molar-refractivity contribution is -0.383. The summed E-state index contributed by atoms with van der Waals surface area (Å²) < 4.78 is 5.07. The molecule has 1 heterocycles. The van der Waals surface area contributed by atoms with Crippen LogP contribution in [0.25, 0.3) is 0 Å². The Hall–Kier alpha value is -5.19. The monoisotopic (exact) mass is 483 g/mol. The van der Waals surface area contributed by atoms with Gasteiger partial charge in [-0.3, -0.25) is 10.1 Å². The number of aromatic nitrogens is 2. The van der Waals surface area contributed by atoms with Gasteiger partial charge in [-0.25, -0.2) is 14.8 Å². The Morgan fingerprint density at radius 1 is 0.889 bits per heavy atom. The molecule has 0 atom stereocenters. The molecule has 0 bridgehead atoms. The third-order valence-electron chi connectivity index (χ3n) is 4.85. The van der Waals surface area contributed by atoms with E-state index < -0.39 is 10.9 Å². The van der Waals surface area contributed by atoms with Gasteiger partial charge in [-0.1, -0.05) is 30.3 Å². The number of hydrogen-bond donors (Lipinski definition) is 2. The van der Waals surface area contributed by atoms with Crippen molar-refractivity contribution >= 4 is 46.0 Å². The van der Waals surface area contributed by atoms with Crippen LogP contribution in [0.15, 0.2) is 95.4 Å². The summed E-state index contributed by atoms with van der Waals surface area (Å²) in [5, 5.41) is 26.1. The van der Waals surface area contributed by atoms with E-state index in [1.54, 1.807) is 55.5 Å². The third kappa shape index (κ3) is 5.83. The van der Waals surface area contributed by atoms with E-state index in [9.17, 15) is 14.9 Å². The molecule has 0 aliphatic heterocycles. The molecule has 0 saturated carbocycles. The number of anilines is 4. The largest absolute Gasteiger partial charge is 0.462 e. The lowest BCUT2D eigenvalue weighted by Crippen LogP contribution is -2.10. The van der Waals surface area contributed by atoms with Gasteiger partial charge in [0, 0.05) is 5.69 Å². The quantitative estimate of drug-likeness (QED) is 0.119. The van der Waals surface area contributed by atoms with Crippen LogP contribution >= 0.6 is 0 Å². The van der Waals surface area contributed by atoms with Crippen LogP contribution in [0.2, 0.25) is 0 Å². The first-order chi connectivity index (χ1) is 17.5. The molecular formula is C25H21N7O4. The van der Waals surface area contributed by atoms with Crippen molar-refractivity contribution in [1.29, 1.82) is 0 Å². The van der Waals surface area contributed by atoms with E-state index in [4.69, 9.17) is 4.74 Å². The number of ether oxygens (including phenoxy) is 1. The first-order valence-corrected chi connectivity index (χ1v) is 10.9. The number of benzene rings is 3. The molecule has 11 heteroatoms. The Morgan fingerprint density at radius 3 is 2.17 bits per heavy atom. The molecule has 2 N–H and O–H groups in total. The fourth-order valence-electron chi connectivity index (χ4n) is 3.20. The molecule has 4 aromatic rings. The molecule has 0 amide bonds. The maximum Gasteiger partial charge on any atom is 0.353 e. The minimum Gasteiger partial charge on any atom is -0.462 e. The van der Waals surface area contributed by atoms with Gasteiger partial charge >= 0.3 is 11.7 Å². The number of rotatable bonds is 9. The molecule has 0 radical (unpaired) electrons. The Kier molecular flexibility index (Phi) is 7.51. The fraction of sp³-hybridized carbons (Fsp3) is 0.0800. The van der Waals surface area contributed by atoms with Crippen molar-refractivity contribution in [2.45, 2.75) is 6.92 Å². The van der Waals surface area contributed by atoms with Crippen LogP contribution in [0.1, 0.15) is 17.3 Å². The Bertz CT molecular complexity index is 1390. The van der Waals surface area contributed by atoms with Crippen molar-refractivity contribution in [3.63, 3.8) is 0 Å². The molecule has 4 rings (SSSR count). The summed E-state index contributed by atoms with van der Waals surface area (Å²) in [6.07, 6.45) is 1.19. The highest BCUT2D eigenvalue weighted by molar-refractivity contribution is 5.97. The van der Waals surface area contributed by atoms with Crippen LogP contribution in [0.5, 0.6) is 0 Å². The van der Waals surface area contributed by atoms with E-state index >= 15 is 0 Å². The molecule has 1 aromatic heterocycles. The number of esters is 1. The molecule has 0 unspecified atom stereocenters. The van der Waals surface area contributed by atoms with Gasteiger partial charge in [-0.2, -0.15) is 10.2 Å². The van der Waals surface area contributed by atoms with E-state index in [2.05, 4.69) is 30.8 Å². The van der Waals surface area contributed by atoms with Crippen molar-refractivity contribution in [3.8, 4) is 0 Å². The SMILES string of the molecule is CCOC(=O)c1ccccc1Nc1ncnc(Nc2ccc(N=Nc3ccccc3)cc2)c1[N+](=O)[O-]. The van der Waals surface area contributed by atoms with E-state index in [0.717, 1.165) is 5.69 Å². The van der Waals surface area contributed by atoms with Gasteiger partial charge in [0.2, 0.25) is 11.6 Å². The van der Waals surface area contributed by atoms with E-state index in [1.165, 1.54) is 6.33 Å². The number of nitrogens with zero attached hydrogens (tertiary/aromatic N) is 5. The van der Waals surface area contributed by atoms with Crippen LogP contribution in [0, 0.1) is 10.1 Å². The van der Waals surface area contributed by atoms with Crippen LogP contribution < -0.4 is 10.6 Å². The second-order valence-electron chi connectivity index (χ2n) is 7.28. The van der Waals surface area contributed by atoms with Crippen LogP contribution in [-0.2, 0) is 4.74 Å². The summed E-state index contributed by atoms with van der Waals surface area (Å²) >= 11 is 0. The zero-order valence-corrected chi connectivity index (χ0v) is 19.2. The Labute approximate surface area is 206 Å². The number of nitrogens with one attached hydrogen (secondary N) is 2. The Balaban J connectivity index is 1.57. The number of carbonyl (C=O) groups excluding carboxylic acids is 1. The second kappa shape index (κ2) is 11.3. The average Bonchev–Trinajstić information content (AvgIpc) is 2.89. The summed E-state index contributed by atoms with van der Waals surface area (Å²) in [6.45, 7) is 1.89. The molecule has 0 saturated heterocycles. The van der Waals surface area contributed by atoms with Crippen molar-refractivity contribution in [3.05, 3.63) is 101 Å². The highest BCUT2D eigenvalue weighted by atomic mass is 16.6. The van der Waals surface area contributed by atoms with E-state index in [0.29, 0.717) is 17.1 Å². The minimum absolute atomic E-state index is 0.0234. The molecule has 0 aliphatic carbocycles. The molecule has 0 aliphatic rings. The van der Waals surface area contributed by atoms with E-state index in [-0.39, 0.29) is 29.5 Å². The fourth-order valence-corrected chi connectivity index (χ4v) is 3.20. The number of hydrogen-bond acceptors (Lipinski definition) is 10. The summed E-state index contributed by atoms with van der Waals surface area (Å²) in [4.78, 5) is 31.7. The molecule has 11 nitrogen and oxygen atoms in total. The topological polar surface area (TPSA) is 144 Å². The molecule has 0 spiro atoms. The third-order valence-corrected chi connectivity index (χ3v) is 4.85. The summed E-state index contributed by atoms with van der Waals surface area (Å²) in [5.74, 6) is -0.660. The zero-order valence-electron chi connectivity index (χ0n) is 19.2. The van der Waals surface area contributed by atoms with Gasteiger partial charge < -0.3 is 15.4 Å². The predicted molar refractivity (Wildman–Crippen MR) is 135 cm³/mol. The van der Waals surface area contributed by atoms with E-state index in [1.807, 2.05) is 30.3 Å². The highest BCUT2D eigenvalue weighted by Crippen LogP contribution is 2.34. The van der Waals surface area contributed by atoms with Gasteiger partial charge in [0.05, 0.1) is 34.2 Å². The summed E-state index contributed by atoms with van der Waals surface area (Å²) in [6, 6.07) is 22.7. The second-order valence-corrected chi connectivity index (χ2v) is 7.28. The normalized spacial score (nSPS) is 10.7. The number of para-hydroxylation sites is 1. The number of carbonyl (C=O) groups is 1. The maximum atomic E-state index is 12.3. The van der Waals surface area contributed by atoms with Crippen LogP contribution in [-0.4, -0.2) is 27.5 Å². The summed E-state index contributed by atoms with van der Waals surface area (Å²) in [5.41, 5.74) is 2.04. The summed E-state index contributed by atoms with van der Waals surface area (Å²) in [7, 11) is 0. The average molecular weight is 483 g/mol. The zero-order chi connectivity index (χ0) is 25.3. The van der Waals surface area contributed by atoms with Crippen molar-refractivity contribution in [1.82, 2.24) is 9.97 Å². The first kappa shape index (κ1) is 24.0. The van der Waals surface area contributed by atoms with Crippen molar-refractivity contribution in [2.24, 2.45) is 10.2 Å². The smallest absolute Gasteiger partial charge is 0.353 e. The number of azo groups is 1. The molecule has 36 heavy (non-hydrogen) atoms. The van der Waals surface area contributed by atoms with Crippen LogP contribution in [0.3, 0.4) is 0 Å². The molecule has 180 valence electrons. The van der Waals surface area contributed by atoms with Gasteiger partial charge in [0.15, 0.2) is 0 Å². The van der Waals surface area contributed by atoms with Gasteiger partial charge in [-0.05, 0) is 55.5 Å². The Morgan fingerprint density at radius 2 is 1.50 bits per heavy atom. The lowest BCUT2D eigenvalue weighted by atomic mass is 10.2. The van der Waals surface area contributed by atoms with Gasteiger partial charge in [0.1, 0.15) is 6.33 Å². The predicted octanol–water partition coefficient (Wildman–Crippen LogP) is 6.46. The van der Waals surface area contributed by atoms with Gasteiger partial charge in [0.25, 0.3) is 0 Å². The maximum absolute atomic E-state index is 12.3. The molecular weight excluding hydrogens is 462 g/mol. The van der Waals surface area contributed by atoms with Gasteiger partial charge in [-0.15, -0.1) is 0 Å². The van der Waals surface area contributed by atoms with Crippen LogP contribution in [0.4, 0.5) is 40.1 Å². The first-order valence-electron chi connectivity index (χ1n) is 10.9. The molecule has 3 aromatic carbocycles. The lowest BCUT2D eigenvalue weighted by Gasteiger charge is -2.12. The highest BCUT2D eigenvalue weighted by Gasteiger charge is 2.24. The standard InChI is InChI=1S/C25H21N7O4/c1-2-36-25(33)20-10-6-7-11-21(20)29-24-22(32(34)35)23(26-16-27-24)28-17-12-14-19(15-13-17)31-30-18-8-4-3-5-9-18/h3-16H,2H2,1H3,(H2,26,27,28,29). The molecule has 0 fully saturated rings.